The average Bonchev–Trinajstić information content (AvgIpc) is 2.78. The maximum absolute atomic E-state index is 5.65. The van der Waals surface area contributed by atoms with Crippen LogP contribution in [0.4, 0.5) is 0 Å². The van der Waals surface area contributed by atoms with Gasteiger partial charge in [0.25, 0.3) is 0 Å². The first-order valence-electron chi connectivity index (χ1n) is 6.65. The summed E-state index contributed by atoms with van der Waals surface area (Å²) in [7, 11) is 0. The summed E-state index contributed by atoms with van der Waals surface area (Å²) in [6.07, 6.45) is 2.24. The Bertz CT molecular complexity index is 406. The Balaban J connectivity index is 2.10. The van der Waals surface area contributed by atoms with E-state index in [1.54, 1.807) is 0 Å². The van der Waals surface area contributed by atoms with Crippen molar-refractivity contribution >= 4 is 0 Å². The highest BCUT2D eigenvalue weighted by Gasteiger charge is 2.21. The molecule has 18 heavy (non-hydrogen) atoms. The summed E-state index contributed by atoms with van der Waals surface area (Å²) < 4.78 is 5.65. The van der Waals surface area contributed by atoms with Gasteiger partial charge < -0.3 is 10.1 Å². The van der Waals surface area contributed by atoms with Crippen LogP contribution in [0.1, 0.15) is 56.9 Å². The van der Waals surface area contributed by atoms with Crippen molar-refractivity contribution < 1.29 is 4.74 Å². The molecular formula is C14H23N3O. The third-order valence-electron chi connectivity index (χ3n) is 2.94. The smallest absolute Gasteiger partial charge is 0.157 e. The summed E-state index contributed by atoms with van der Waals surface area (Å²) in [6, 6.07) is 2.04. The third kappa shape index (κ3) is 3.75. The van der Waals surface area contributed by atoms with Gasteiger partial charge in [-0.25, -0.2) is 9.97 Å². The van der Waals surface area contributed by atoms with Crippen molar-refractivity contribution in [2.75, 3.05) is 6.61 Å². The standard InChI is InChI=1S/C14H23N3O/c1-10-8-11(9-15-14(2,3)4)17-13(16-10)12-6-5-7-18-12/h8,12,15H,5-7,9H2,1-4H3. The molecule has 0 spiro atoms. The van der Waals surface area contributed by atoms with Gasteiger partial charge in [0.1, 0.15) is 6.10 Å². The Hall–Kier alpha value is -1.00. The molecule has 1 aliphatic heterocycles. The predicted molar refractivity (Wildman–Crippen MR) is 71.3 cm³/mol. The number of hydrogen-bond donors (Lipinski definition) is 1. The van der Waals surface area contributed by atoms with Gasteiger partial charge in [0.2, 0.25) is 0 Å². The Morgan fingerprint density at radius 2 is 2.17 bits per heavy atom. The fourth-order valence-corrected chi connectivity index (χ4v) is 2.03. The van der Waals surface area contributed by atoms with E-state index >= 15 is 0 Å². The largest absolute Gasteiger partial charge is 0.370 e. The van der Waals surface area contributed by atoms with Gasteiger partial charge in [-0.05, 0) is 46.6 Å². The van der Waals surface area contributed by atoms with E-state index < -0.39 is 0 Å². The van der Waals surface area contributed by atoms with Crippen LogP contribution in [0.2, 0.25) is 0 Å². The van der Waals surface area contributed by atoms with Gasteiger partial charge in [-0.3, -0.25) is 0 Å². The summed E-state index contributed by atoms with van der Waals surface area (Å²) in [4.78, 5) is 9.12. The van der Waals surface area contributed by atoms with Crippen LogP contribution in [-0.4, -0.2) is 22.1 Å². The summed E-state index contributed by atoms with van der Waals surface area (Å²) in [5.74, 6) is 0.846. The molecule has 1 aromatic heterocycles. The van der Waals surface area contributed by atoms with Gasteiger partial charge in [-0.2, -0.15) is 0 Å². The normalized spacial score (nSPS) is 20.3. The molecule has 1 saturated heterocycles. The Kier molecular flexibility index (Phi) is 3.97. The number of hydrogen-bond acceptors (Lipinski definition) is 4. The number of rotatable bonds is 3. The molecule has 4 heteroatoms. The predicted octanol–water partition coefficient (Wildman–Crippen LogP) is 2.52. The highest BCUT2D eigenvalue weighted by Crippen LogP contribution is 2.26. The molecule has 100 valence electrons. The van der Waals surface area contributed by atoms with E-state index in [-0.39, 0.29) is 11.6 Å². The Morgan fingerprint density at radius 3 is 2.78 bits per heavy atom. The number of nitrogens with one attached hydrogen (secondary N) is 1. The lowest BCUT2D eigenvalue weighted by Crippen LogP contribution is -2.35. The third-order valence-corrected chi connectivity index (χ3v) is 2.94. The highest BCUT2D eigenvalue weighted by molar-refractivity contribution is 5.12. The average molecular weight is 249 g/mol. The molecule has 4 nitrogen and oxygen atoms in total. The molecule has 0 bridgehead atoms. The van der Waals surface area contributed by atoms with Crippen molar-refractivity contribution in [2.45, 2.75) is 58.7 Å². The van der Waals surface area contributed by atoms with Crippen LogP contribution in [0.3, 0.4) is 0 Å². The monoisotopic (exact) mass is 249 g/mol. The number of nitrogens with zero attached hydrogens (tertiary/aromatic N) is 2. The Morgan fingerprint density at radius 1 is 1.39 bits per heavy atom. The minimum absolute atomic E-state index is 0.0956. The fraction of sp³-hybridized carbons (Fsp3) is 0.714. The maximum atomic E-state index is 5.65. The van der Waals surface area contributed by atoms with Crippen LogP contribution >= 0.6 is 0 Å². The number of ether oxygens (including phenoxy) is 1. The van der Waals surface area contributed by atoms with E-state index in [0.29, 0.717) is 0 Å². The molecule has 1 N–H and O–H groups in total. The van der Waals surface area contributed by atoms with Crippen molar-refractivity contribution in [1.29, 1.82) is 0 Å². The van der Waals surface area contributed by atoms with Gasteiger partial charge in [0.05, 0.1) is 5.69 Å². The van der Waals surface area contributed by atoms with Crippen molar-refractivity contribution in [3.63, 3.8) is 0 Å². The molecule has 1 aliphatic rings. The molecule has 1 fully saturated rings. The second-order valence-electron chi connectivity index (χ2n) is 5.96. The summed E-state index contributed by atoms with van der Waals surface area (Å²) >= 11 is 0. The topological polar surface area (TPSA) is 47.0 Å². The first kappa shape index (κ1) is 13.4. The van der Waals surface area contributed by atoms with E-state index in [1.807, 2.05) is 13.0 Å². The number of aryl methyl sites for hydroxylation is 1. The molecule has 0 amide bonds. The fourth-order valence-electron chi connectivity index (χ4n) is 2.03. The quantitative estimate of drug-likeness (QED) is 0.894. The van der Waals surface area contributed by atoms with E-state index in [1.165, 1.54) is 0 Å². The SMILES string of the molecule is Cc1cc(CNC(C)(C)C)nc(C2CCCO2)n1. The molecule has 2 heterocycles. The minimum Gasteiger partial charge on any atom is -0.370 e. The van der Waals surface area contributed by atoms with Crippen LogP contribution in [-0.2, 0) is 11.3 Å². The molecule has 0 radical (unpaired) electrons. The van der Waals surface area contributed by atoms with Gasteiger partial charge in [-0.15, -0.1) is 0 Å². The summed E-state index contributed by atoms with van der Waals surface area (Å²) in [5.41, 5.74) is 2.16. The zero-order valence-corrected chi connectivity index (χ0v) is 11.8. The van der Waals surface area contributed by atoms with E-state index in [0.717, 1.165) is 43.2 Å². The second-order valence-corrected chi connectivity index (χ2v) is 5.96. The molecular weight excluding hydrogens is 226 g/mol. The lowest BCUT2D eigenvalue weighted by molar-refractivity contribution is 0.104. The molecule has 1 aromatic rings. The van der Waals surface area contributed by atoms with Crippen LogP contribution in [0, 0.1) is 6.92 Å². The van der Waals surface area contributed by atoms with Gasteiger partial charge >= 0.3 is 0 Å². The van der Waals surface area contributed by atoms with Crippen LogP contribution in [0.25, 0.3) is 0 Å². The molecule has 0 saturated carbocycles. The zero-order valence-electron chi connectivity index (χ0n) is 11.8. The summed E-state index contributed by atoms with van der Waals surface area (Å²) in [6.45, 7) is 10.1. The van der Waals surface area contributed by atoms with E-state index in [4.69, 9.17) is 4.74 Å². The van der Waals surface area contributed by atoms with E-state index in [9.17, 15) is 0 Å². The van der Waals surface area contributed by atoms with Crippen molar-refractivity contribution in [1.82, 2.24) is 15.3 Å². The second kappa shape index (κ2) is 5.33. The first-order chi connectivity index (χ1) is 8.44. The molecule has 2 rings (SSSR count). The molecule has 0 aliphatic carbocycles. The van der Waals surface area contributed by atoms with Crippen LogP contribution in [0.15, 0.2) is 6.07 Å². The van der Waals surface area contributed by atoms with Crippen molar-refractivity contribution in [3.05, 3.63) is 23.3 Å². The van der Waals surface area contributed by atoms with Gasteiger partial charge in [0.15, 0.2) is 5.82 Å². The van der Waals surface area contributed by atoms with Crippen LogP contribution in [0.5, 0.6) is 0 Å². The maximum Gasteiger partial charge on any atom is 0.157 e. The van der Waals surface area contributed by atoms with Gasteiger partial charge in [-0.1, -0.05) is 0 Å². The van der Waals surface area contributed by atoms with Crippen LogP contribution < -0.4 is 5.32 Å². The zero-order chi connectivity index (χ0) is 13.2. The molecule has 1 unspecified atom stereocenters. The molecule has 0 aromatic carbocycles. The lowest BCUT2D eigenvalue weighted by Gasteiger charge is -2.20. The first-order valence-corrected chi connectivity index (χ1v) is 6.65. The summed E-state index contributed by atoms with van der Waals surface area (Å²) in [5, 5.41) is 3.45. The minimum atomic E-state index is 0.0956. The molecule has 1 atom stereocenters. The Labute approximate surface area is 109 Å². The van der Waals surface area contributed by atoms with Gasteiger partial charge in [0, 0.05) is 24.4 Å². The van der Waals surface area contributed by atoms with Crippen molar-refractivity contribution in [2.24, 2.45) is 0 Å². The highest BCUT2D eigenvalue weighted by atomic mass is 16.5. The number of aromatic nitrogens is 2. The van der Waals surface area contributed by atoms with Crippen molar-refractivity contribution in [3.8, 4) is 0 Å². The lowest BCUT2D eigenvalue weighted by atomic mass is 10.1. The van der Waals surface area contributed by atoms with E-state index in [2.05, 4.69) is 36.1 Å².